The normalized spacial score (nSPS) is 30.0. The maximum atomic E-state index is 13.4. The number of Topliss-reactive ketones (excluding diaryl/α,β-unsaturated/α-hetero) is 1. The molecular formula is C20H31N3O. The van der Waals surface area contributed by atoms with Crippen molar-refractivity contribution in [3.63, 3.8) is 0 Å². The minimum Gasteiger partial charge on any atom is -0.354 e. The van der Waals surface area contributed by atoms with E-state index in [1.807, 2.05) is 33.0 Å². The van der Waals surface area contributed by atoms with Gasteiger partial charge in [0.25, 0.3) is 0 Å². The van der Waals surface area contributed by atoms with Crippen LogP contribution in [0.4, 0.5) is 5.82 Å². The number of carbonyl (C=O) groups excluding carboxylic acids is 1. The molecule has 24 heavy (non-hydrogen) atoms. The summed E-state index contributed by atoms with van der Waals surface area (Å²) in [5.41, 5.74) is 0.973. The van der Waals surface area contributed by atoms with Crippen molar-refractivity contribution < 1.29 is 4.79 Å². The summed E-state index contributed by atoms with van der Waals surface area (Å²) in [4.78, 5) is 20.2. The van der Waals surface area contributed by atoms with Crippen LogP contribution in [0, 0.1) is 16.7 Å². The van der Waals surface area contributed by atoms with E-state index in [2.05, 4.69) is 49.0 Å². The fourth-order valence-corrected chi connectivity index (χ4v) is 4.63. The first-order valence-corrected chi connectivity index (χ1v) is 9.09. The highest BCUT2D eigenvalue weighted by atomic mass is 16.1. The standard InChI is InChI=1S/C20H31N3O/c1-8-23-15(16(24)20(5,6)7)14(19(2,3)4)13-12-10-9-11-21-17(12)22-18(13)23/h9-11,13-15,18H,8H2,1-7H3,(H,21,22). The van der Waals surface area contributed by atoms with Crippen molar-refractivity contribution in [3.8, 4) is 0 Å². The molecule has 4 nitrogen and oxygen atoms in total. The number of carbonyl (C=O) groups is 1. The van der Waals surface area contributed by atoms with Crippen molar-refractivity contribution in [2.24, 2.45) is 16.7 Å². The number of nitrogens with zero attached hydrogens (tertiary/aromatic N) is 2. The van der Waals surface area contributed by atoms with Crippen LogP contribution in [0.25, 0.3) is 0 Å². The molecule has 0 spiro atoms. The maximum Gasteiger partial charge on any atom is 0.155 e. The Bertz CT molecular complexity index is 641. The van der Waals surface area contributed by atoms with Crippen LogP contribution in [0.5, 0.6) is 0 Å². The Labute approximate surface area is 146 Å². The Morgan fingerprint density at radius 3 is 2.46 bits per heavy atom. The van der Waals surface area contributed by atoms with Crippen LogP contribution in [-0.4, -0.2) is 34.4 Å². The smallest absolute Gasteiger partial charge is 0.155 e. The summed E-state index contributed by atoms with van der Waals surface area (Å²) in [5.74, 6) is 1.92. The number of aromatic nitrogens is 1. The molecule has 1 fully saturated rings. The van der Waals surface area contributed by atoms with Gasteiger partial charge in [-0.05, 0) is 23.9 Å². The van der Waals surface area contributed by atoms with Crippen molar-refractivity contribution in [1.82, 2.24) is 9.88 Å². The summed E-state index contributed by atoms with van der Waals surface area (Å²) in [6.07, 6.45) is 2.01. The van der Waals surface area contributed by atoms with Gasteiger partial charge in [-0.15, -0.1) is 0 Å². The van der Waals surface area contributed by atoms with E-state index in [9.17, 15) is 4.79 Å². The minimum atomic E-state index is -0.335. The van der Waals surface area contributed by atoms with E-state index < -0.39 is 0 Å². The largest absolute Gasteiger partial charge is 0.354 e. The lowest BCUT2D eigenvalue weighted by Crippen LogP contribution is -2.50. The van der Waals surface area contributed by atoms with Crippen LogP contribution in [0.15, 0.2) is 18.3 Å². The fraction of sp³-hybridized carbons (Fsp3) is 0.700. The third-order valence-electron chi connectivity index (χ3n) is 5.64. The average molecular weight is 329 g/mol. The van der Waals surface area contributed by atoms with Gasteiger partial charge < -0.3 is 5.32 Å². The molecule has 4 atom stereocenters. The zero-order chi connectivity index (χ0) is 17.9. The minimum absolute atomic E-state index is 0.0392. The molecule has 0 amide bonds. The maximum absolute atomic E-state index is 13.4. The predicted octanol–water partition coefficient (Wildman–Crippen LogP) is 3.90. The van der Waals surface area contributed by atoms with Crippen molar-refractivity contribution in [2.45, 2.75) is 66.6 Å². The molecule has 2 aliphatic rings. The van der Waals surface area contributed by atoms with Gasteiger partial charge in [0.2, 0.25) is 0 Å². The van der Waals surface area contributed by atoms with E-state index in [4.69, 9.17) is 0 Å². The molecule has 0 radical (unpaired) electrons. The lowest BCUT2D eigenvalue weighted by atomic mass is 9.66. The Hall–Kier alpha value is -1.42. The topological polar surface area (TPSA) is 45.2 Å². The van der Waals surface area contributed by atoms with Gasteiger partial charge in [-0.2, -0.15) is 0 Å². The Kier molecular flexibility index (Phi) is 4.03. The highest BCUT2D eigenvalue weighted by molar-refractivity contribution is 5.90. The number of ketones is 1. The van der Waals surface area contributed by atoms with Crippen molar-refractivity contribution in [3.05, 3.63) is 23.9 Å². The zero-order valence-electron chi connectivity index (χ0n) is 16.1. The molecule has 2 aliphatic heterocycles. The molecule has 4 unspecified atom stereocenters. The van der Waals surface area contributed by atoms with Crippen LogP contribution >= 0.6 is 0 Å². The summed E-state index contributed by atoms with van der Waals surface area (Å²) in [6.45, 7) is 16.0. The first-order chi connectivity index (χ1) is 11.1. The van der Waals surface area contributed by atoms with E-state index in [0.717, 1.165) is 12.4 Å². The SMILES string of the molecule is CCN1C2Nc3ncccc3C2C(C(C)(C)C)C1C(=O)C(C)(C)C. The van der Waals surface area contributed by atoms with Crippen LogP contribution in [0.2, 0.25) is 0 Å². The van der Waals surface area contributed by atoms with Crippen LogP contribution < -0.4 is 5.32 Å². The van der Waals surface area contributed by atoms with Gasteiger partial charge in [0.15, 0.2) is 5.78 Å². The number of anilines is 1. The quantitative estimate of drug-likeness (QED) is 0.894. The molecular weight excluding hydrogens is 298 g/mol. The van der Waals surface area contributed by atoms with Gasteiger partial charge in [0.05, 0.1) is 12.2 Å². The van der Waals surface area contributed by atoms with E-state index in [1.165, 1.54) is 5.56 Å². The van der Waals surface area contributed by atoms with Crippen molar-refractivity contribution in [2.75, 3.05) is 11.9 Å². The molecule has 3 rings (SSSR count). The van der Waals surface area contributed by atoms with E-state index in [0.29, 0.717) is 11.7 Å². The third kappa shape index (κ3) is 2.55. The summed E-state index contributed by atoms with van der Waals surface area (Å²) in [5, 5.41) is 3.60. The highest BCUT2D eigenvalue weighted by Gasteiger charge is 2.59. The van der Waals surface area contributed by atoms with Gasteiger partial charge >= 0.3 is 0 Å². The fourth-order valence-electron chi connectivity index (χ4n) is 4.63. The Morgan fingerprint density at radius 1 is 1.25 bits per heavy atom. The number of likely N-dealkylation sites (tertiary alicyclic amines) is 1. The molecule has 0 bridgehead atoms. The third-order valence-corrected chi connectivity index (χ3v) is 5.64. The number of pyridine rings is 1. The van der Waals surface area contributed by atoms with Gasteiger partial charge in [-0.25, -0.2) is 4.98 Å². The summed E-state index contributed by atoms with van der Waals surface area (Å²) in [6, 6.07) is 4.14. The molecule has 3 heterocycles. The monoisotopic (exact) mass is 329 g/mol. The molecule has 0 aliphatic carbocycles. The molecule has 1 aromatic rings. The predicted molar refractivity (Wildman–Crippen MR) is 98.0 cm³/mol. The van der Waals surface area contributed by atoms with Crippen molar-refractivity contribution in [1.29, 1.82) is 0 Å². The molecule has 132 valence electrons. The summed E-state index contributed by atoms with van der Waals surface area (Å²) < 4.78 is 0. The molecule has 4 heteroatoms. The summed E-state index contributed by atoms with van der Waals surface area (Å²) >= 11 is 0. The highest BCUT2D eigenvalue weighted by Crippen LogP contribution is 2.55. The van der Waals surface area contributed by atoms with Crippen molar-refractivity contribution >= 4 is 11.6 Å². The lowest BCUT2D eigenvalue weighted by Gasteiger charge is -2.39. The van der Waals surface area contributed by atoms with Crippen LogP contribution in [0.3, 0.4) is 0 Å². The lowest BCUT2D eigenvalue weighted by molar-refractivity contribution is -0.133. The number of nitrogens with one attached hydrogen (secondary N) is 1. The molecule has 0 aromatic carbocycles. The van der Waals surface area contributed by atoms with E-state index in [-0.39, 0.29) is 29.0 Å². The molecule has 1 N–H and O–H groups in total. The number of hydrogen-bond donors (Lipinski definition) is 1. The zero-order valence-corrected chi connectivity index (χ0v) is 16.1. The second-order valence-electron chi connectivity index (χ2n) is 9.34. The van der Waals surface area contributed by atoms with E-state index >= 15 is 0 Å². The Morgan fingerprint density at radius 2 is 1.92 bits per heavy atom. The number of fused-ring (bicyclic) bond motifs is 3. The first kappa shape index (κ1) is 17.4. The van der Waals surface area contributed by atoms with Gasteiger partial charge in [0.1, 0.15) is 5.82 Å². The molecule has 1 saturated heterocycles. The number of hydrogen-bond acceptors (Lipinski definition) is 4. The molecule has 0 saturated carbocycles. The number of likely N-dealkylation sites (N-methyl/N-ethyl adjacent to an activating group) is 1. The molecule has 1 aromatic heterocycles. The van der Waals surface area contributed by atoms with Gasteiger partial charge in [-0.3, -0.25) is 9.69 Å². The van der Waals surface area contributed by atoms with E-state index in [1.54, 1.807) is 0 Å². The van der Waals surface area contributed by atoms with Crippen LogP contribution in [0.1, 0.15) is 59.9 Å². The Balaban J connectivity index is 2.13. The second-order valence-corrected chi connectivity index (χ2v) is 9.34. The second kappa shape index (κ2) is 5.55. The first-order valence-electron chi connectivity index (χ1n) is 9.09. The average Bonchev–Trinajstić information content (AvgIpc) is 2.97. The van der Waals surface area contributed by atoms with Gasteiger partial charge in [0, 0.05) is 23.1 Å². The summed E-state index contributed by atoms with van der Waals surface area (Å²) in [7, 11) is 0. The van der Waals surface area contributed by atoms with Crippen LogP contribution in [-0.2, 0) is 4.79 Å². The van der Waals surface area contributed by atoms with Gasteiger partial charge in [-0.1, -0.05) is 54.5 Å². The number of rotatable bonds is 2.